The summed E-state index contributed by atoms with van der Waals surface area (Å²) in [5, 5.41) is 0.369. The van der Waals surface area contributed by atoms with Crippen molar-refractivity contribution in [3.05, 3.63) is 33.0 Å². The maximum Gasteiger partial charge on any atom is 0.138 e. The Morgan fingerprint density at radius 3 is 2.73 bits per heavy atom. The highest BCUT2D eigenvalue weighted by molar-refractivity contribution is 9.10. The largest absolute Gasteiger partial charge is 0.326 e. The van der Waals surface area contributed by atoms with Crippen molar-refractivity contribution < 1.29 is 4.39 Å². The summed E-state index contributed by atoms with van der Waals surface area (Å²) in [6.45, 7) is 0.317. The second kappa shape index (κ2) is 3.52. The first-order chi connectivity index (χ1) is 5.15. The van der Waals surface area contributed by atoms with E-state index in [0.29, 0.717) is 16.0 Å². The van der Waals surface area contributed by atoms with E-state index in [9.17, 15) is 4.39 Å². The number of rotatable bonds is 1. The molecule has 0 atom stereocenters. The molecule has 11 heavy (non-hydrogen) atoms. The van der Waals surface area contributed by atoms with Gasteiger partial charge in [0.15, 0.2) is 0 Å². The third-order valence-corrected chi connectivity index (χ3v) is 2.27. The van der Waals surface area contributed by atoms with Crippen LogP contribution in [0.25, 0.3) is 0 Å². The van der Waals surface area contributed by atoms with E-state index in [-0.39, 0.29) is 5.82 Å². The van der Waals surface area contributed by atoms with Gasteiger partial charge in [-0.25, -0.2) is 4.39 Å². The zero-order chi connectivity index (χ0) is 8.43. The van der Waals surface area contributed by atoms with Crippen molar-refractivity contribution in [1.29, 1.82) is 0 Å². The fraction of sp³-hybridized carbons (Fsp3) is 0.143. The topological polar surface area (TPSA) is 26.0 Å². The molecular weight excluding hydrogens is 232 g/mol. The average Bonchev–Trinajstić information content (AvgIpc) is 1.97. The lowest BCUT2D eigenvalue weighted by molar-refractivity contribution is 0.620. The molecule has 1 aromatic carbocycles. The Balaban J connectivity index is 3.21. The van der Waals surface area contributed by atoms with Crippen LogP contribution in [-0.2, 0) is 6.54 Å². The lowest BCUT2D eigenvalue weighted by Gasteiger charge is -2.01. The first-order valence-electron chi connectivity index (χ1n) is 2.98. The van der Waals surface area contributed by atoms with Crippen molar-refractivity contribution in [2.24, 2.45) is 5.73 Å². The first-order valence-corrected chi connectivity index (χ1v) is 4.15. The number of nitrogens with two attached hydrogens (primary N) is 1. The summed E-state index contributed by atoms with van der Waals surface area (Å²) < 4.78 is 13.1. The molecule has 1 aromatic rings. The summed E-state index contributed by atoms with van der Waals surface area (Å²) in [6.07, 6.45) is 0. The van der Waals surface area contributed by atoms with Gasteiger partial charge < -0.3 is 5.73 Å². The molecule has 0 aliphatic heterocycles. The van der Waals surface area contributed by atoms with Crippen molar-refractivity contribution >= 4 is 27.5 Å². The first kappa shape index (κ1) is 8.97. The van der Waals surface area contributed by atoms with Gasteiger partial charge in [0, 0.05) is 11.6 Å². The van der Waals surface area contributed by atoms with Crippen LogP contribution in [0, 0.1) is 5.82 Å². The summed E-state index contributed by atoms with van der Waals surface area (Å²) in [5.41, 5.74) is 6.08. The van der Waals surface area contributed by atoms with Gasteiger partial charge in [-0.3, -0.25) is 0 Å². The summed E-state index contributed by atoms with van der Waals surface area (Å²) in [4.78, 5) is 0. The summed E-state index contributed by atoms with van der Waals surface area (Å²) in [7, 11) is 0. The quantitative estimate of drug-likeness (QED) is 0.748. The minimum absolute atomic E-state index is 0.317. The molecule has 0 fully saturated rings. The minimum atomic E-state index is -0.368. The van der Waals surface area contributed by atoms with E-state index in [1.807, 2.05) is 0 Å². The minimum Gasteiger partial charge on any atom is -0.326 e. The fourth-order valence-corrected chi connectivity index (χ4v) is 1.34. The zero-order valence-electron chi connectivity index (χ0n) is 5.57. The van der Waals surface area contributed by atoms with Gasteiger partial charge in [-0.2, -0.15) is 0 Å². The fourth-order valence-electron chi connectivity index (χ4n) is 0.720. The SMILES string of the molecule is NCc1cc(Br)c(F)cc1Cl. The second-order valence-electron chi connectivity index (χ2n) is 2.06. The Kier molecular flexibility index (Phi) is 2.87. The molecule has 1 rings (SSSR count). The van der Waals surface area contributed by atoms with E-state index in [2.05, 4.69) is 15.9 Å². The van der Waals surface area contributed by atoms with Crippen LogP contribution in [0.1, 0.15) is 5.56 Å². The van der Waals surface area contributed by atoms with Gasteiger partial charge in [-0.15, -0.1) is 0 Å². The Morgan fingerprint density at radius 1 is 1.55 bits per heavy atom. The molecule has 2 N–H and O–H groups in total. The normalized spacial score (nSPS) is 10.2. The standard InChI is InChI=1S/C7H6BrClFN/c8-5-1-4(3-11)6(9)2-7(5)10/h1-2H,3,11H2. The van der Waals surface area contributed by atoms with Gasteiger partial charge in [-0.1, -0.05) is 11.6 Å². The van der Waals surface area contributed by atoms with Crippen LogP contribution in [0.5, 0.6) is 0 Å². The molecule has 0 saturated heterocycles. The van der Waals surface area contributed by atoms with Crippen LogP contribution in [0.3, 0.4) is 0 Å². The van der Waals surface area contributed by atoms with Crippen molar-refractivity contribution in [3.63, 3.8) is 0 Å². The highest BCUT2D eigenvalue weighted by Crippen LogP contribution is 2.23. The Bertz CT molecular complexity index is 277. The molecule has 1 nitrogen and oxygen atoms in total. The van der Waals surface area contributed by atoms with E-state index in [4.69, 9.17) is 17.3 Å². The van der Waals surface area contributed by atoms with Crippen LogP contribution in [0.4, 0.5) is 4.39 Å². The lowest BCUT2D eigenvalue weighted by atomic mass is 10.2. The van der Waals surface area contributed by atoms with Crippen LogP contribution in [-0.4, -0.2) is 0 Å². The van der Waals surface area contributed by atoms with Gasteiger partial charge in [0.2, 0.25) is 0 Å². The van der Waals surface area contributed by atoms with Crippen molar-refractivity contribution in [2.45, 2.75) is 6.54 Å². The number of halogens is 3. The van der Waals surface area contributed by atoms with Gasteiger partial charge >= 0.3 is 0 Å². The molecule has 0 aromatic heterocycles. The molecule has 60 valence electrons. The average molecular weight is 238 g/mol. The molecule has 0 bridgehead atoms. The maximum atomic E-state index is 12.7. The smallest absolute Gasteiger partial charge is 0.138 e. The van der Waals surface area contributed by atoms with Crippen molar-refractivity contribution in [1.82, 2.24) is 0 Å². The van der Waals surface area contributed by atoms with Crippen LogP contribution in [0.2, 0.25) is 5.02 Å². The third-order valence-electron chi connectivity index (χ3n) is 1.31. The van der Waals surface area contributed by atoms with E-state index in [0.717, 1.165) is 5.56 Å². The van der Waals surface area contributed by atoms with Crippen LogP contribution in [0.15, 0.2) is 16.6 Å². The summed E-state index contributed by atoms with van der Waals surface area (Å²) >= 11 is 8.69. The lowest BCUT2D eigenvalue weighted by Crippen LogP contribution is -1.97. The summed E-state index contributed by atoms with van der Waals surface area (Å²) in [6, 6.07) is 2.82. The number of benzene rings is 1. The van der Waals surface area contributed by atoms with Gasteiger partial charge in [-0.05, 0) is 33.6 Å². The predicted octanol–water partition coefficient (Wildman–Crippen LogP) is 2.70. The Morgan fingerprint density at radius 2 is 2.18 bits per heavy atom. The molecule has 0 aliphatic rings. The van der Waals surface area contributed by atoms with E-state index >= 15 is 0 Å². The van der Waals surface area contributed by atoms with E-state index < -0.39 is 0 Å². The summed E-state index contributed by atoms with van der Waals surface area (Å²) in [5.74, 6) is -0.368. The van der Waals surface area contributed by atoms with Gasteiger partial charge in [0.1, 0.15) is 5.82 Å². The van der Waals surface area contributed by atoms with Crippen LogP contribution < -0.4 is 5.73 Å². The highest BCUT2D eigenvalue weighted by Gasteiger charge is 2.04. The molecule has 4 heteroatoms. The van der Waals surface area contributed by atoms with Crippen LogP contribution >= 0.6 is 27.5 Å². The molecule has 0 spiro atoms. The third kappa shape index (κ3) is 1.92. The van der Waals surface area contributed by atoms with Gasteiger partial charge in [0.25, 0.3) is 0 Å². The number of hydrogen-bond donors (Lipinski definition) is 1. The monoisotopic (exact) mass is 237 g/mol. The van der Waals surface area contributed by atoms with E-state index in [1.165, 1.54) is 6.07 Å². The molecular formula is C7H6BrClFN. The molecule has 0 amide bonds. The molecule has 0 radical (unpaired) electrons. The Labute approximate surface area is 77.5 Å². The van der Waals surface area contributed by atoms with E-state index in [1.54, 1.807) is 6.07 Å². The molecule has 0 heterocycles. The van der Waals surface area contributed by atoms with Crippen molar-refractivity contribution in [2.75, 3.05) is 0 Å². The Hall–Kier alpha value is -0.120. The predicted molar refractivity (Wildman–Crippen MR) is 47.0 cm³/mol. The maximum absolute atomic E-state index is 12.7. The van der Waals surface area contributed by atoms with Gasteiger partial charge in [0.05, 0.1) is 4.47 Å². The van der Waals surface area contributed by atoms with Crippen molar-refractivity contribution in [3.8, 4) is 0 Å². The molecule has 0 aliphatic carbocycles. The zero-order valence-corrected chi connectivity index (χ0v) is 7.91. The number of hydrogen-bond acceptors (Lipinski definition) is 1. The molecule has 0 unspecified atom stereocenters. The second-order valence-corrected chi connectivity index (χ2v) is 3.32. The highest BCUT2D eigenvalue weighted by atomic mass is 79.9. The molecule has 0 saturated carbocycles.